The van der Waals surface area contributed by atoms with Gasteiger partial charge in [-0.1, -0.05) is 11.6 Å². The first-order chi connectivity index (χ1) is 13.1. The fourth-order valence-corrected chi connectivity index (χ4v) is 4.33. The Labute approximate surface area is 165 Å². The molecule has 0 radical (unpaired) electrons. The number of hydrogen-bond acceptors (Lipinski definition) is 5. The molecule has 2 N–H and O–H groups in total. The van der Waals surface area contributed by atoms with Gasteiger partial charge in [-0.2, -0.15) is 16.9 Å². The van der Waals surface area contributed by atoms with Gasteiger partial charge in [-0.15, -0.1) is 0 Å². The van der Waals surface area contributed by atoms with Crippen LogP contribution in [0.4, 0.5) is 5.82 Å². The number of aromatic nitrogens is 2. The molecular weight excluding hydrogens is 388 g/mol. The summed E-state index contributed by atoms with van der Waals surface area (Å²) in [5.41, 5.74) is 2.65. The van der Waals surface area contributed by atoms with Gasteiger partial charge in [-0.3, -0.25) is 9.59 Å². The van der Waals surface area contributed by atoms with Crippen molar-refractivity contribution in [1.29, 1.82) is 0 Å². The van der Waals surface area contributed by atoms with Crippen LogP contribution in [-0.2, 0) is 25.8 Å². The smallest absolute Gasteiger partial charge is 0.314 e. The van der Waals surface area contributed by atoms with Gasteiger partial charge in [-0.25, -0.2) is 4.68 Å². The third-order valence-corrected chi connectivity index (χ3v) is 5.80. The topological polar surface area (TPSA) is 85.2 Å². The van der Waals surface area contributed by atoms with E-state index in [0.717, 1.165) is 41.3 Å². The number of ether oxygens (including phenoxy) is 1. The van der Waals surface area contributed by atoms with Gasteiger partial charge in [0.2, 0.25) is 0 Å². The van der Waals surface area contributed by atoms with Crippen molar-refractivity contribution >= 4 is 41.0 Å². The summed E-state index contributed by atoms with van der Waals surface area (Å²) in [5.74, 6) is 0.686. The van der Waals surface area contributed by atoms with Crippen molar-refractivity contribution in [1.82, 2.24) is 15.1 Å². The second-order valence-corrected chi connectivity index (χ2v) is 7.88. The molecule has 1 aromatic carbocycles. The molecule has 2 aromatic rings. The molecule has 0 spiro atoms. The molecule has 0 saturated carbocycles. The normalized spacial score (nSPS) is 18.3. The maximum absolute atomic E-state index is 12.4. The van der Waals surface area contributed by atoms with Gasteiger partial charge in [0.15, 0.2) is 0 Å². The number of carbonyl (C=O) groups is 2. The molecule has 9 heteroatoms. The summed E-state index contributed by atoms with van der Waals surface area (Å²) in [6.07, 6.45) is 1.87. The number of fused-ring (bicyclic) bond motifs is 1. The van der Waals surface area contributed by atoms with Crippen LogP contribution >= 0.6 is 23.4 Å². The molecule has 0 bridgehead atoms. The van der Waals surface area contributed by atoms with Gasteiger partial charge >= 0.3 is 11.8 Å². The lowest BCUT2D eigenvalue weighted by atomic mass is 10.2. The van der Waals surface area contributed by atoms with Crippen molar-refractivity contribution in [3.05, 3.63) is 40.5 Å². The van der Waals surface area contributed by atoms with Gasteiger partial charge in [-0.05, 0) is 37.1 Å². The van der Waals surface area contributed by atoms with E-state index in [4.69, 9.17) is 16.3 Å². The van der Waals surface area contributed by atoms with Crippen LogP contribution in [0.25, 0.3) is 5.69 Å². The van der Waals surface area contributed by atoms with E-state index in [1.54, 1.807) is 28.6 Å². The fourth-order valence-electron chi connectivity index (χ4n) is 3.17. The number of thioether (sulfide) groups is 1. The first kappa shape index (κ1) is 18.3. The van der Waals surface area contributed by atoms with Crippen molar-refractivity contribution in [2.45, 2.75) is 30.5 Å². The number of benzene rings is 1. The van der Waals surface area contributed by atoms with Crippen LogP contribution in [0.5, 0.6) is 0 Å². The predicted octanol–water partition coefficient (Wildman–Crippen LogP) is 2.51. The van der Waals surface area contributed by atoms with Crippen LogP contribution in [-0.4, -0.2) is 40.9 Å². The first-order valence-electron chi connectivity index (χ1n) is 8.77. The number of hydrogen-bond donors (Lipinski definition) is 2. The SMILES string of the molecule is O=C(NC[C@@H]1CCCO1)C(=O)Nc1c2c(nn1-c1ccc(Cl)cc1)CSC2. The molecule has 1 saturated heterocycles. The van der Waals surface area contributed by atoms with Gasteiger partial charge in [0.05, 0.1) is 17.5 Å². The summed E-state index contributed by atoms with van der Waals surface area (Å²) in [6, 6.07) is 7.17. The maximum atomic E-state index is 12.4. The molecular formula is C18H19ClN4O3S. The standard InChI is InChI=1S/C18H19ClN4O3S/c19-11-3-5-12(6-4-11)23-16(14-9-27-10-15(14)22-23)21-18(25)17(24)20-8-13-2-1-7-26-13/h3-6,13H,1-2,7-10H2,(H,20,24)(H,21,25)/t13-/m0/s1. The highest BCUT2D eigenvalue weighted by Gasteiger charge is 2.27. The highest BCUT2D eigenvalue weighted by atomic mass is 35.5. The zero-order valence-corrected chi connectivity index (χ0v) is 16.1. The lowest BCUT2D eigenvalue weighted by Gasteiger charge is -2.13. The summed E-state index contributed by atoms with van der Waals surface area (Å²) < 4.78 is 7.12. The van der Waals surface area contributed by atoms with Crippen molar-refractivity contribution in [3.8, 4) is 5.69 Å². The Hall–Kier alpha value is -2.03. The Morgan fingerprint density at radius 3 is 2.81 bits per heavy atom. The minimum atomic E-state index is -0.706. The number of nitrogens with zero attached hydrogens (tertiary/aromatic N) is 2. The largest absolute Gasteiger partial charge is 0.376 e. The van der Waals surface area contributed by atoms with Crippen molar-refractivity contribution in [2.75, 3.05) is 18.5 Å². The minimum absolute atomic E-state index is 0.0120. The Balaban J connectivity index is 1.51. The maximum Gasteiger partial charge on any atom is 0.314 e. The molecule has 1 atom stereocenters. The number of amides is 2. The Morgan fingerprint density at radius 1 is 1.26 bits per heavy atom. The molecule has 1 aromatic heterocycles. The monoisotopic (exact) mass is 406 g/mol. The highest BCUT2D eigenvalue weighted by molar-refractivity contribution is 7.98. The molecule has 0 aliphatic carbocycles. The van der Waals surface area contributed by atoms with E-state index in [2.05, 4.69) is 15.7 Å². The number of nitrogens with one attached hydrogen (secondary N) is 2. The Bertz CT molecular complexity index is 862. The lowest BCUT2D eigenvalue weighted by molar-refractivity contribution is -0.136. The minimum Gasteiger partial charge on any atom is -0.376 e. The summed E-state index contributed by atoms with van der Waals surface area (Å²) >= 11 is 7.69. The van der Waals surface area contributed by atoms with Gasteiger partial charge in [0.1, 0.15) is 5.82 Å². The fraction of sp³-hybridized carbons (Fsp3) is 0.389. The average Bonchev–Trinajstić information content (AvgIpc) is 3.39. The molecule has 7 nitrogen and oxygen atoms in total. The van der Waals surface area contributed by atoms with E-state index < -0.39 is 11.8 Å². The molecule has 3 heterocycles. The molecule has 2 aliphatic rings. The van der Waals surface area contributed by atoms with Gasteiger partial charge in [0, 0.05) is 35.2 Å². The molecule has 4 rings (SSSR count). The molecule has 1 fully saturated rings. The van der Waals surface area contributed by atoms with Crippen molar-refractivity contribution in [2.24, 2.45) is 0 Å². The van der Waals surface area contributed by atoms with Crippen LogP contribution in [0.15, 0.2) is 24.3 Å². The molecule has 2 aliphatic heterocycles. The molecule has 27 heavy (non-hydrogen) atoms. The summed E-state index contributed by atoms with van der Waals surface area (Å²) in [6.45, 7) is 1.05. The van der Waals surface area contributed by atoms with E-state index in [1.807, 2.05) is 12.1 Å². The van der Waals surface area contributed by atoms with E-state index in [9.17, 15) is 9.59 Å². The van der Waals surface area contributed by atoms with Crippen LogP contribution < -0.4 is 10.6 Å². The summed E-state index contributed by atoms with van der Waals surface area (Å²) in [5, 5.41) is 10.6. The van der Waals surface area contributed by atoms with Crippen molar-refractivity contribution in [3.63, 3.8) is 0 Å². The number of carbonyl (C=O) groups excluding carboxylic acids is 2. The Morgan fingerprint density at radius 2 is 2.07 bits per heavy atom. The summed E-state index contributed by atoms with van der Waals surface area (Å²) in [7, 11) is 0. The zero-order valence-electron chi connectivity index (χ0n) is 14.5. The second-order valence-electron chi connectivity index (χ2n) is 6.45. The average molecular weight is 407 g/mol. The van der Waals surface area contributed by atoms with E-state index >= 15 is 0 Å². The van der Waals surface area contributed by atoms with Crippen LogP contribution in [0.1, 0.15) is 24.1 Å². The second kappa shape index (κ2) is 7.92. The van der Waals surface area contributed by atoms with E-state index in [-0.39, 0.29) is 6.10 Å². The van der Waals surface area contributed by atoms with Gasteiger partial charge in [0.25, 0.3) is 0 Å². The predicted molar refractivity (Wildman–Crippen MR) is 104 cm³/mol. The molecule has 2 amide bonds. The van der Waals surface area contributed by atoms with E-state index in [0.29, 0.717) is 24.0 Å². The molecule has 142 valence electrons. The summed E-state index contributed by atoms with van der Waals surface area (Å²) in [4.78, 5) is 24.6. The number of halogens is 1. The number of rotatable bonds is 4. The highest BCUT2D eigenvalue weighted by Crippen LogP contribution is 2.36. The lowest BCUT2D eigenvalue weighted by Crippen LogP contribution is -2.39. The zero-order chi connectivity index (χ0) is 18.8. The van der Waals surface area contributed by atoms with Gasteiger partial charge < -0.3 is 15.4 Å². The number of anilines is 1. The third-order valence-electron chi connectivity index (χ3n) is 4.58. The van der Waals surface area contributed by atoms with Crippen molar-refractivity contribution < 1.29 is 14.3 Å². The Kier molecular flexibility index (Phi) is 5.38. The van der Waals surface area contributed by atoms with E-state index in [1.165, 1.54) is 0 Å². The van der Waals surface area contributed by atoms with Crippen LogP contribution in [0.2, 0.25) is 5.02 Å². The van der Waals surface area contributed by atoms with Crippen LogP contribution in [0.3, 0.4) is 0 Å². The third kappa shape index (κ3) is 3.97. The molecule has 0 unspecified atom stereocenters. The van der Waals surface area contributed by atoms with Crippen LogP contribution in [0, 0.1) is 0 Å². The quantitative estimate of drug-likeness (QED) is 0.762. The first-order valence-corrected chi connectivity index (χ1v) is 10.3.